The predicted molar refractivity (Wildman–Crippen MR) is 68.3 cm³/mol. The van der Waals surface area contributed by atoms with Gasteiger partial charge in [-0.1, -0.05) is 6.07 Å². The number of nitrogens with one attached hydrogen (secondary N) is 2. The first kappa shape index (κ1) is 13.5. The molecule has 1 aromatic carbocycles. The molecular formula is C12H15ClN2O2. The summed E-state index contributed by atoms with van der Waals surface area (Å²) in [5, 5.41) is 5.10. The first-order valence-electron chi connectivity index (χ1n) is 5.22. The Morgan fingerprint density at radius 3 is 2.24 bits per heavy atom. The van der Waals surface area contributed by atoms with E-state index in [0.717, 1.165) is 16.8 Å². The Bertz CT molecular complexity index is 412. The highest BCUT2D eigenvalue weighted by molar-refractivity contribution is 6.27. The second-order valence-electron chi connectivity index (χ2n) is 3.83. The van der Waals surface area contributed by atoms with Crippen LogP contribution in [0.5, 0.6) is 0 Å². The highest BCUT2D eigenvalue weighted by Gasteiger charge is 2.05. The number of anilines is 1. The number of amides is 2. The zero-order valence-electron chi connectivity index (χ0n) is 9.84. The van der Waals surface area contributed by atoms with Crippen molar-refractivity contribution in [2.24, 2.45) is 0 Å². The van der Waals surface area contributed by atoms with Gasteiger partial charge >= 0.3 is 0 Å². The van der Waals surface area contributed by atoms with Crippen molar-refractivity contribution in [3.8, 4) is 0 Å². The van der Waals surface area contributed by atoms with Gasteiger partial charge in [0.1, 0.15) is 5.88 Å². The van der Waals surface area contributed by atoms with Crippen molar-refractivity contribution in [1.82, 2.24) is 5.32 Å². The summed E-state index contributed by atoms with van der Waals surface area (Å²) in [5.41, 5.74) is 2.88. The first-order chi connectivity index (χ1) is 8.01. The van der Waals surface area contributed by atoms with Gasteiger partial charge in [-0.3, -0.25) is 9.59 Å². The Kier molecular flexibility index (Phi) is 4.97. The smallest absolute Gasteiger partial charge is 0.243 e. The lowest BCUT2D eigenvalue weighted by Crippen LogP contribution is -2.33. The zero-order valence-corrected chi connectivity index (χ0v) is 10.6. The van der Waals surface area contributed by atoms with Crippen LogP contribution in [-0.2, 0) is 9.59 Å². The summed E-state index contributed by atoms with van der Waals surface area (Å²) in [6.45, 7) is 3.84. The molecule has 0 spiro atoms. The molecule has 0 aliphatic heterocycles. The Morgan fingerprint density at radius 1 is 1.12 bits per heavy atom. The number of rotatable bonds is 4. The molecule has 0 radical (unpaired) electrons. The lowest BCUT2D eigenvalue weighted by atomic mass is 10.1. The Hall–Kier alpha value is -1.55. The molecule has 0 aliphatic rings. The van der Waals surface area contributed by atoms with E-state index in [1.54, 1.807) is 0 Å². The minimum Gasteiger partial charge on any atom is -0.346 e. The molecule has 2 amide bonds. The third-order valence-electron chi connectivity index (χ3n) is 2.07. The second kappa shape index (κ2) is 6.25. The molecule has 1 aromatic rings. The van der Waals surface area contributed by atoms with E-state index in [-0.39, 0.29) is 24.2 Å². The molecule has 0 saturated heterocycles. The van der Waals surface area contributed by atoms with Crippen molar-refractivity contribution in [1.29, 1.82) is 0 Å². The van der Waals surface area contributed by atoms with Gasteiger partial charge in [-0.25, -0.2) is 0 Å². The van der Waals surface area contributed by atoms with Crippen LogP contribution in [0.15, 0.2) is 18.2 Å². The van der Waals surface area contributed by atoms with Crippen molar-refractivity contribution < 1.29 is 9.59 Å². The fourth-order valence-corrected chi connectivity index (χ4v) is 1.57. The number of carbonyl (C=O) groups excluding carboxylic acids is 2. The van der Waals surface area contributed by atoms with Crippen LogP contribution in [0.4, 0.5) is 5.69 Å². The van der Waals surface area contributed by atoms with Gasteiger partial charge in [0, 0.05) is 5.69 Å². The van der Waals surface area contributed by atoms with Crippen molar-refractivity contribution in [3.05, 3.63) is 29.3 Å². The van der Waals surface area contributed by atoms with Gasteiger partial charge in [-0.15, -0.1) is 11.6 Å². The predicted octanol–water partition coefficient (Wildman–Crippen LogP) is 1.60. The topological polar surface area (TPSA) is 58.2 Å². The van der Waals surface area contributed by atoms with E-state index in [2.05, 4.69) is 10.6 Å². The van der Waals surface area contributed by atoms with Crippen LogP contribution in [-0.4, -0.2) is 24.2 Å². The van der Waals surface area contributed by atoms with E-state index in [0.29, 0.717) is 0 Å². The van der Waals surface area contributed by atoms with Crippen molar-refractivity contribution in [3.63, 3.8) is 0 Å². The zero-order chi connectivity index (χ0) is 12.8. The standard InChI is InChI=1S/C12H15ClN2O2/c1-8-3-9(2)5-10(4-8)15-12(17)7-14-11(16)6-13/h3-5H,6-7H2,1-2H3,(H,14,16)(H,15,17). The molecule has 0 unspecified atom stereocenters. The Balaban J connectivity index is 2.53. The van der Waals surface area contributed by atoms with E-state index in [9.17, 15) is 9.59 Å². The lowest BCUT2D eigenvalue weighted by Gasteiger charge is -2.08. The molecular weight excluding hydrogens is 240 g/mol. The minimum absolute atomic E-state index is 0.0709. The number of aryl methyl sites for hydroxylation is 2. The van der Waals surface area contributed by atoms with Gasteiger partial charge in [0.15, 0.2) is 0 Å². The molecule has 4 nitrogen and oxygen atoms in total. The Labute approximate surface area is 105 Å². The molecule has 92 valence electrons. The average molecular weight is 255 g/mol. The van der Waals surface area contributed by atoms with Gasteiger partial charge < -0.3 is 10.6 Å². The maximum atomic E-state index is 11.5. The molecule has 0 atom stereocenters. The molecule has 2 N–H and O–H groups in total. The largest absolute Gasteiger partial charge is 0.346 e. The van der Waals surface area contributed by atoms with E-state index in [1.807, 2.05) is 32.0 Å². The van der Waals surface area contributed by atoms with Crippen LogP contribution in [0, 0.1) is 13.8 Å². The van der Waals surface area contributed by atoms with Crippen molar-refractivity contribution >= 4 is 29.1 Å². The summed E-state index contributed by atoms with van der Waals surface area (Å²) in [5.74, 6) is -0.771. The van der Waals surface area contributed by atoms with Gasteiger partial charge in [-0.2, -0.15) is 0 Å². The summed E-state index contributed by atoms with van der Waals surface area (Å²) in [6.07, 6.45) is 0. The van der Waals surface area contributed by atoms with Crippen molar-refractivity contribution in [2.75, 3.05) is 17.7 Å². The number of carbonyl (C=O) groups is 2. The summed E-state index contributed by atoms with van der Waals surface area (Å²) < 4.78 is 0. The van der Waals surface area contributed by atoms with Gasteiger partial charge in [0.25, 0.3) is 0 Å². The van der Waals surface area contributed by atoms with E-state index >= 15 is 0 Å². The average Bonchev–Trinajstić information content (AvgIpc) is 2.24. The van der Waals surface area contributed by atoms with Gasteiger partial charge in [0.2, 0.25) is 11.8 Å². The fourth-order valence-electron chi connectivity index (χ4n) is 1.48. The number of hydrogen-bond donors (Lipinski definition) is 2. The fraction of sp³-hybridized carbons (Fsp3) is 0.333. The molecule has 0 fully saturated rings. The van der Waals surface area contributed by atoms with Crippen LogP contribution in [0.25, 0.3) is 0 Å². The molecule has 0 heterocycles. The molecule has 0 aromatic heterocycles. The highest BCUT2D eigenvalue weighted by atomic mass is 35.5. The maximum Gasteiger partial charge on any atom is 0.243 e. The molecule has 5 heteroatoms. The van der Waals surface area contributed by atoms with Crippen LogP contribution in [0.1, 0.15) is 11.1 Å². The summed E-state index contributed by atoms with van der Waals surface area (Å²) in [6, 6.07) is 5.76. The molecule has 0 bridgehead atoms. The molecule has 17 heavy (non-hydrogen) atoms. The van der Waals surface area contributed by atoms with E-state index in [4.69, 9.17) is 11.6 Å². The monoisotopic (exact) mass is 254 g/mol. The van der Waals surface area contributed by atoms with E-state index < -0.39 is 0 Å². The van der Waals surface area contributed by atoms with Gasteiger partial charge in [-0.05, 0) is 37.1 Å². The molecule has 1 rings (SSSR count). The van der Waals surface area contributed by atoms with Crippen LogP contribution in [0.3, 0.4) is 0 Å². The molecule has 0 saturated carbocycles. The van der Waals surface area contributed by atoms with Crippen LogP contribution >= 0.6 is 11.6 Å². The molecule has 0 aliphatic carbocycles. The normalized spacial score (nSPS) is 9.82. The summed E-state index contributed by atoms with van der Waals surface area (Å²) in [4.78, 5) is 22.3. The number of benzene rings is 1. The SMILES string of the molecule is Cc1cc(C)cc(NC(=O)CNC(=O)CCl)c1. The lowest BCUT2D eigenvalue weighted by molar-refractivity contribution is -0.122. The highest BCUT2D eigenvalue weighted by Crippen LogP contribution is 2.13. The van der Waals surface area contributed by atoms with E-state index in [1.165, 1.54) is 0 Å². The minimum atomic E-state index is -0.359. The van der Waals surface area contributed by atoms with Crippen LogP contribution in [0.2, 0.25) is 0 Å². The summed E-state index contributed by atoms with van der Waals surface area (Å²) >= 11 is 5.29. The third-order valence-corrected chi connectivity index (χ3v) is 2.32. The van der Waals surface area contributed by atoms with Crippen molar-refractivity contribution in [2.45, 2.75) is 13.8 Å². The number of alkyl halides is 1. The van der Waals surface area contributed by atoms with Gasteiger partial charge in [0.05, 0.1) is 6.54 Å². The quantitative estimate of drug-likeness (QED) is 0.802. The number of hydrogen-bond acceptors (Lipinski definition) is 2. The summed E-state index contributed by atoms with van der Waals surface area (Å²) in [7, 11) is 0. The first-order valence-corrected chi connectivity index (χ1v) is 5.75. The Morgan fingerprint density at radius 2 is 1.71 bits per heavy atom. The number of halogens is 1. The maximum absolute atomic E-state index is 11.5. The third kappa shape index (κ3) is 4.87. The van der Waals surface area contributed by atoms with Crippen LogP contribution < -0.4 is 10.6 Å². The second-order valence-corrected chi connectivity index (χ2v) is 4.10.